The van der Waals surface area contributed by atoms with Crippen molar-refractivity contribution in [2.45, 2.75) is 52.1 Å². The van der Waals surface area contributed by atoms with Crippen LogP contribution in [0.1, 0.15) is 45.1 Å². The van der Waals surface area contributed by atoms with Crippen molar-refractivity contribution in [1.82, 2.24) is 9.80 Å². The van der Waals surface area contributed by atoms with Gasteiger partial charge in [-0.05, 0) is 109 Å². The zero-order valence-corrected chi connectivity index (χ0v) is 18.5. The molecule has 23 heavy (non-hydrogen) atoms. The Balaban J connectivity index is 1.92. The van der Waals surface area contributed by atoms with Gasteiger partial charge in [-0.2, -0.15) is 0 Å². The third kappa shape index (κ3) is 5.71. The van der Waals surface area contributed by atoms with Crippen LogP contribution < -0.4 is 0 Å². The summed E-state index contributed by atoms with van der Waals surface area (Å²) in [5.74, 6) is 0.465. The number of likely N-dealkylation sites (tertiary alicyclic amines) is 1. The molecular formula is C18H28I2N2O. The highest BCUT2D eigenvalue weighted by molar-refractivity contribution is 14.1. The van der Waals surface area contributed by atoms with Crippen LogP contribution in [-0.2, 0) is 6.54 Å². The summed E-state index contributed by atoms with van der Waals surface area (Å²) in [7, 11) is 0. The van der Waals surface area contributed by atoms with Crippen molar-refractivity contribution in [2.24, 2.45) is 0 Å². The molecule has 1 aliphatic heterocycles. The maximum absolute atomic E-state index is 10.3. The molecule has 0 bridgehead atoms. The predicted molar refractivity (Wildman–Crippen MR) is 114 cm³/mol. The van der Waals surface area contributed by atoms with Crippen LogP contribution in [0.25, 0.3) is 0 Å². The number of phenolic OH excluding ortho intramolecular Hbond substituents is 1. The number of benzene rings is 1. The van der Waals surface area contributed by atoms with E-state index in [0.717, 1.165) is 34.8 Å². The fourth-order valence-corrected chi connectivity index (χ4v) is 5.44. The van der Waals surface area contributed by atoms with Gasteiger partial charge < -0.3 is 10.0 Å². The Bertz CT molecular complexity index is 496. The molecule has 1 N–H and O–H groups in total. The molecule has 1 fully saturated rings. The first-order valence-electron chi connectivity index (χ1n) is 8.68. The number of phenols is 1. The van der Waals surface area contributed by atoms with E-state index in [1.807, 2.05) is 6.07 Å². The molecule has 1 aromatic rings. The van der Waals surface area contributed by atoms with Crippen LogP contribution in [0.15, 0.2) is 12.1 Å². The molecule has 130 valence electrons. The molecule has 0 radical (unpaired) electrons. The fraction of sp³-hybridized carbons (Fsp3) is 0.667. The van der Waals surface area contributed by atoms with Gasteiger partial charge in [-0.1, -0.05) is 13.8 Å². The van der Waals surface area contributed by atoms with E-state index in [4.69, 9.17) is 0 Å². The smallest absolute Gasteiger partial charge is 0.133 e. The van der Waals surface area contributed by atoms with Gasteiger partial charge in [-0.25, -0.2) is 0 Å². The molecule has 1 aliphatic rings. The average Bonchev–Trinajstić information content (AvgIpc) is 2.53. The number of aromatic hydroxyl groups is 1. The van der Waals surface area contributed by atoms with Crippen molar-refractivity contribution in [1.29, 1.82) is 0 Å². The minimum atomic E-state index is 0.465. The monoisotopic (exact) mass is 542 g/mol. The van der Waals surface area contributed by atoms with Crippen LogP contribution >= 0.6 is 45.2 Å². The van der Waals surface area contributed by atoms with E-state index >= 15 is 0 Å². The summed E-state index contributed by atoms with van der Waals surface area (Å²) >= 11 is 4.55. The summed E-state index contributed by atoms with van der Waals surface area (Å²) in [6, 6.07) is 4.89. The molecule has 0 unspecified atom stereocenters. The van der Waals surface area contributed by atoms with Gasteiger partial charge in [0.25, 0.3) is 0 Å². The highest BCUT2D eigenvalue weighted by Gasteiger charge is 2.24. The second-order valence-electron chi connectivity index (χ2n) is 6.44. The van der Waals surface area contributed by atoms with E-state index in [1.165, 1.54) is 42.3 Å². The Labute approximate surface area is 168 Å². The van der Waals surface area contributed by atoms with E-state index in [9.17, 15) is 5.11 Å². The van der Waals surface area contributed by atoms with Crippen LogP contribution in [0.4, 0.5) is 0 Å². The molecule has 5 heteroatoms. The average molecular weight is 542 g/mol. The van der Waals surface area contributed by atoms with Crippen molar-refractivity contribution in [3.05, 3.63) is 24.8 Å². The summed E-state index contributed by atoms with van der Waals surface area (Å²) < 4.78 is 2.16. The third-order valence-corrected chi connectivity index (χ3v) is 6.04. The normalized spacial score (nSPS) is 17.1. The Morgan fingerprint density at radius 2 is 1.74 bits per heavy atom. The van der Waals surface area contributed by atoms with Gasteiger partial charge in [-0.15, -0.1) is 0 Å². The summed E-state index contributed by atoms with van der Waals surface area (Å²) in [4.78, 5) is 5.18. The van der Waals surface area contributed by atoms with Crippen LogP contribution in [0, 0.1) is 7.14 Å². The van der Waals surface area contributed by atoms with Crippen molar-refractivity contribution < 1.29 is 5.11 Å². The van der Waals surface area contributed by atoms with Gasteiger partial charge in [-0.3, -0.25) is 4.90 Å². The lowest BCUT2D eigenvalue weighted by Crippen LogP contribution is -2.45. The lowest BCUT2D eigenvalue weighted by atomic mass is 10.0. The van der Waals surface area contributed by atoms with Gasteiger partial charge in [0.15, 0.2) is 0 Å². The molecule has 1 saturated heterocycles. The summed E-state index contributed by atoms with van der Waals surface area (Å²) in [5.41, 5.74) is 1.07. The molecule has 0 aliphatic carbocycles. The van der Waals surface area contributed by atoms with E-state index in [1.54, 1.807) is 0 Å². The molecule has 0 amide bonds. The predicted octanol–water partition coefficient (Wildman–Crippen LogP) is 4.69. The SMILES string of the molecule is CCCN(CCC)C1CCN(Cc2cc(I)cc(I)c2O)CC1. The molecule has 1 aromatic carbocycles. The van der Waals surface area contributed by atoms with Crippen LogP contribution in [0.3, 0.4) is 0 Å². The number of hydrogen-bond donors (Lipinski definition) is 1. The van der Waals surface area contributed by atoms with E-state index in [-0.39, 0.29) is 0 Å². The van der Waals surface area contributed by atoms with Gasteiger partial charge >= 0.3 is 0 Å². The van der Waals surface area contributed by atoms with Crippen molar-refractivity contribution in [3.63, 3.8) is 0 Å². The van der Waals surface area contributed by atoms with Gasteiger partial charge in [0, 0.05) is 21.7 Å². The highest BCUT2D eigenvalue weighted by atomic mass is 127. The topological polar surface area (TPSA) is 26.7 Å². The Morgan fingerprint density at radius 3 is 2.30 bits per heavy atom. The number of hydrogen-bond acceptors (Lipinski definition) is 3. The molecule has 1 heterocycles. The minimum absolute atomic E-state index is 0.465. The summed E-state index contributed by atoms with van der Waals surface area (Å²) in [6.45, 7) is 10.2. The molecule has 2 rings (SSSR count). The van der Waals surface area contributed by atoms with E-state index in [0.29, 0.717) is 5.75 Å². The molecular weight excluding hydrogens is 514 g/mol. The Hall–Kier alpha value is 0.400. The largest absolute Gasteiger partial charge is 0.507 e. The molecule has 3 nitrogen and oxygen atoms in total. The van der Waals surface area contributed by atoms with Crippen molar-refractivity contribution in [3.8, 4) is 5.75 Å². The van der Waals surface area contributed by atoms with Gasteiger partial charge in [0.1, 0.15) is 5.75 Å². The second kappa shape index (κ2) is 9.77. The van der Waals surface area contributed by atoms with Crippen LogP contribution in [0.2, 0.25) is 0 Å². The maximum Gasteiger partial charge on any atom is 0.133 e. The van der Waals surface area contributed by atoms with E-state index in [2.05, 4.69) is 74.9 Å². The zero-order valence-electron chi connectivity index (χ0n) is 14.2. The number of rotatable bonds is 7. The van der Waals surface area contributed by atoms with Crippen molar-refractivity contribution in [2.75, 3.05) is 26.2 Å². The lowest BCUT2D eigenvalue weighted by Gasteiger charge is -2.38. The van der Waals surface area contributed by atoms with Crippen LogP contribution in [-0.4, -0.2) is 47.1 Å². The zero-order chi connectivity index (χ0) is 16.8. The third-order valence-electron chi connectivity index (χ3n) is 4.60. The molecule has 0 saturated carbocycles. The second-order valence-corrected chi connectivity index (χ2v) is 8.85. The van der Waals surface area contributed by atoms with Crippen LogP contribution in [0.5, 0.6) is 5.75 Å². The summed E-state index contributed by atoms with van der Waals surface area (Å²) in [6.07, 6.45) is 4.99. The Morgan fingerprint density at radius 1 is 1.13 bits per heavy atom. The maximum atomic E-state index is 10.3. The first-order chi connectivity index (χ1) is 11.0. The van der Waals surface area contributed by atoms with E-state index < -0.39 is 0 Å². The minimum Gasteiger partial charge on any atom is -0.507 e. The number of nitrogens with zero attached hydrogens (tertiary/aromatic N) is 2. The number of piperidine rings is 1. The Kier molecular flexibility index (Phi) is 8.38. The molecule has 0 atom stereocenters. The lowest BCUT2D eigenvalue weighted by molar-refractivity contribution is 0.104. The van der Waals surface area contributed by atoms with Crippen molar-refractivity contribution >= 4 is 45.2 Å². The molecule has 0 spiro atoms. The standard InChI is InChI=1S/C18H28I2N2O/c1-3-7-22(8-4-2)16-5-9-21(10-6-16)13-14-11-15(19)12-17(20)18(14)23/h11-12,16,23H,3-10,13H2,1-2H3. The summed E-state index contributed by atoms with van der Waals surface area (Å²) in [5, 5.41) is 10.3. The highest BCUT2D eigenvalue weighted by Crippen LogP contribution is 2.29. The number of halogens is 2. The quantitative estimate of drug-likeness (QED) is 0.507. The fourth-order valence-electron chi connectivity index (χ4n) is 3.47. The molecule has 0 aromatic heterocycles. The first kappa shape index (κ1) is 19.7. The van der Waals surface area contributed by atoms with Gasteiger partial charge in [0.2, 0.25) is 0 Å². The van der Waals surface area contributed by atoms with Gasteiger partial charge in [0.05, 0.1) is 3.57 Å². The first-order valence-corrected chi connectivity index (χ1v) is 10.8.